The fourth-order valence-electron chi connectivity index (χ4n) is 3.51. The van der Waals surface area contributed by atoms with Crippen LogP contribution in [0.4, 0.5) is 4.39 Å². The van der Waals surface area contributed by atoms with E-state index in [2.05, 4.69) is 9.71 Å². The fraction of sp³-hybridized carbons (Fsp3) is 0.250. The Bertz CT molecular complexity index is 1310. The molecule has 0 radical (unpaired) electrons. The summed E-state index contributed by atoms with van der Waals surface area (Å²) in [6.07, 6.45) is 1.25. The van der Waals surface area contributed by atoms with Gasteiger partial charge in [-0.15, -0.1) is 0 Å². The first kappa shape index (κ1) is 24.7. The third-order valence-electron chi connectivity index (χ3n) is 5.15. The molecule has 6 nitrogen and oxygen atoms in total. The van der Waals surface area contributed by atoms with Gasteiger partial charge < -0.3 is 4.74 Å². The van der Waals surface area contributed by atoms with Crippen LogP contribution >= 0.6 is 11.6 Å². The summed E-state index contributed by atoms with van der Waals surface area (Å²) in [4.78, 5) is 16.9. The molecule has 2 aromatic carbocycles. The van der Waals surface area contributed by atoms with Crippen LogP contribution in [0.25, 0.3) is 11.1 Å². The second-order valence-electron chi connectivity index (χ2n) is 7.88. The Morgan fingerprint density at radius 2 is 1.91 bits per heavy atom. The van der Waals surface area contributed by atoms with Crippen LogP contribution in [0.5, 0.6) is 5.88 Å². The Morgan fingerprint density at radius 1 is 1.18 bits per heavy atom. The van der Waals surface area contributed by atoms with Crippen LogP contribution in [0, 0.1) is 12.7 Å². The molecule has 0 saturated carbocycles. The molecule has 0 saturated heterocycles. The third kappa shape index (κ3) is 5.69. The first-order valence-corrected chi connectivity index (χ1v) is 12.0. The highest BCUT2D eigenvalue weighted by molar-refractivity contribution is 7.90. The summed E-state index contributed by atoms with van der Waals surface area (Å²) in [5.74, 6) is -0.975. The van der Waals surface area contributed by atoms with Gasteiger partial charge >= 0.3 is 0 Å². The van der Waals surface area contributed by atoms with E-state index in [1.807, 2.05) is 13.8 Å². The highest BCUT2D eigenvalue weighted by atomic mass is 35.5. The van der Waals surface area contributed by atoms with Crippen LogP contribution in [0.2, 0.25) is 5.02 Å². The van der Waals surface area contributed by atoms with Gasteiger partial charge in [0.05, 0.1) is 18.4 Å². The third-order valence-corrected chi connectivity index (χ3v) is 6.95. The maximum atomic E-state index is 14.5. The standard InChI is InChI=1S/C24H24ClFN2O4S/c1-14(2)19-11-17(26)12-20(16-7-8-27-24(10-16)32-4)21(19)13-23(29)28-33(30,31)18-5-6-22(25)15(3)9-18/h5-12,14H,13H2,1-4H3,(H,28,29). The van der Waals surface area contributed by atoms with Crippen molar-refractivity contribution in [2.45, 2.75) is 38.0 Å². The van der Waals surface area contributed by atoms with E-state index < -0.39 is 21.7 Å². The summed E-state index contributed by atoms with van der Waals surface area (Å²) < 4.78 is 47.3. The summed E-state index contributed by atoms with van der Waals surface area (Å²) >= 11 is 5.97. The number of rotatable bonds is 7. The number of nitrogens with zero attached hydrogens (tertiary/aromatic N) is 1. The maximum absolute atomic E-state index is 14.5. The molecule has 174 valence electrons. The van der Waals surface area contributed by atoms with Gasteiger partial charge in [0.2, 0.25) is 11.8 Å². The largest absolute Gasteiger partial charge is 0.481 e. The van der Waals surface area contributed by atoms with E-state index in [0.717, 1.165) is 0 Å². The van der Waals surface area contributed by atoms with E-state index >= 15 is 0 Å². The SMILES string of the molecule is COc1cc(-c2cc(F)cc(C(C)C)c2CC(=O)NS(=O)(=O)c2ccc(Cl)c(C)c2)ccn1. The van der Waals surface area contributed by atoms with Crippen LogP contribution in [0.1, 0.15) is 36.5 Å². The summed E-state index contributed by atoms with van der Waals surface area (Å²) in [7, 11) is -2.64. The fourth-order valence-corrected chi connectivity index (χ4v) is 4.69. The molecule has 1 N–H and O–H groups in total. The molecule has 0 aliphatic rings. The number of carbonyl (C=O) groups excluding carboxylic acids is 1. The lowest BCUT2D eigenvalue weighted by molar-refractivity contribution is -0.118. The highest BCUT2D eigenvalue weighted by Gasteiger charge is 2.23. The van der Waals surface area contributed by atoms with Crippen molar-refractivity contribution in [2.24, 2.45) is 0 Å². The number of amides is 1. The zero-order chi connectivity index (χ0) is 24.3. The van der Waals surface area contributed by atoms with Gasteiger partial charge in [-0.1, -0.05) is 25.4 Å². The molecule has 0 atom stereocenters. The molecule has 0 unspecified atom stereocenters. The van der Waals surface area contributed by atoms with Crippen molar-refractivity contribution in [3.63, 3.8) is 0 Å². The van der Waals surface area contributed by atoms with Gasteiger partial charge in [0.1, 0.15) is 5.82 Å². The second-order valence-corrected chi connectivity index (χ2v) is 9.97. The van der Waals surface area contributed by atoms with Crippen molar-refractivity contribution in [3.05, 3.63) is 76.2 Å². The Hall–Kier alpha value is -2.97. The lowest BCUT2D eigenvalue weighted by atomic mass is 9.88. The van der Waals surface area contributed by atoms with Crippen LogP contribution in [0.15, 0.2) is 53.6 Å². The number of methoxy groups -OCH3 is 1. The molecule has 0 bridgehead atoms. The molecule has 9 heteroatoms. The molecule has 0 aliphatic heterocycles. The predicted octanol–water partition coefficient (Wildman–Crippen LogP) is 5.03. The number of nitrogens with one attached hydrogen (secondary N) is 1. The molecule has 3 rings (SSSR count). The molecule has 1 aromatic heterocycles. The van der Waals surface area contributed by atoms with E-state index in [0.29, 0.717) is 38.7 Å². The van der Waals surface area contributed by atoms with Crippen LogP contribution in [-0.2, 0) is 21.2 Å². The van der Waals surface area contributed by atoms with Crippen LogP contribution in [0.3, 0.4) is 0 Å². The smallest absolute Gasteiger partial charge is 0.264 e. The molecule has 0 spiro atoms. The molecule has 1 heterocycles. The maximum Gasteiger partial charge on any atom is 0.264 e. The van der Waals surface area contributed by atoms with Gasteiger partial charge in [-0.05, 0) is 77.1 Å². The van der Waals surface area contributed by atoms with E-state index in [9.17, 15) is 17.6 Å². The van der Waals surface area contributed by atoms with Crippen molar-refractivity contribution < 1.29 is 22.3 Å². The van der Waals surface area contributed by atoms with Crippen molar-refractivity contribution in [2.75, 3.05) is 7.11 Å². The van der Waals surface area contributed by atoms with Crippen molar-refractivity contribution >= 4 is 27.5 Å². The number of ether oxygens (including phenoxy) is 1. The number of pyridine rings is 1. The summed E-state index contributed by atoms with van der Waals surface area (Å²) in [6.45, 7) is 5.42. The van der Waals surface area contributed by atoms with E-state index in [1.54, 1.807) is 19.1 Å². The van der Waals surface area contributed by atoms with Crippen molar-refractivity contribution in [3.8, 4) is 17.0 Å². The molecule has 33 heavy (non-hydrogen) atoms. The van der Waals surface area contributed by atoms with Crippen LogP contribution in [-0.4, -0.2) is 26.4 Å². The van der Waals surface area contributed by atoms with Gasteiger partial charge in [0.15, 0.2) is 0 Å². The molecular weight excluding hydrogens is 467 g/mol. The predicted molar refractivity (Wildman–Crippen MR) is 125 cm³/mol. The van der Waals surface area contributed by atoms with Gasteiger partial charge in [0.25, 0.3) is 10.0 Å². The number of carbonyl (C=O) groups is 1. The minimum atomic E-state index is -4.11. The van der Waals surface area contributed by atoms with E-state index in [1.165, 1.54) is 43.6 Å². The average Bonchev–Trinajstić information content (AvgIpc) is 2.75. The van der Waals surface area contributed by atoms with E-state index in [-0.39, 0.29) is 17.2 Å². The Morgan fingerprint density at radius 3 is 2.55 bits per heavy atom. The van der Waals surface area contributed by atoms with Gasteiger partial charge in [-0.2, -0.15) is 0 Å². The number of hydrogen-bond donors (Lipinski definition) is 1. The van der Waals surface area contributed by atoms with Crippen LogP contribution < -0.4 is 9.46 Å². The molecule has 0 aliphatic carbocycles. The zero-order valence-corrected chi connectivity index (χ0v) is 20.2. The second kappa shape index (κ2) is 9.89. The molecular formula is C24H24ClFN2O4S. The Balaban J connectivity index is 2.01. The average molecular weight is 491 g/mol. The monoisotopic (exact) mass is 490 g/mol. The van der Waals surface area contributed by atoms with Gasteiger partial charge in [-0.3, -0.25) is 4.79 Å². The van der Waals surface area contributed by atoms with Crippen molar-refractivity contribution in [1.29, 1.82) is 0 Å². The Labute approximate surface area is 197 Å². The number of hydrogen-bond acceptors (Lipinski definition) is 5. The topological polar surface area (TPSA) is 85.4 Å². The first-order valence-electron chi connectivity index (χ1n) is 10.2. The lowest BCUT2D eigenvalue weighted by Crippen LogP contribution is -2.32. The quantitative estimate of drug-likeness (QED) is 0.502. The number of aryl methyl sites for hydroxylation is 1. The number of aromatic nitrogens is 1. The molecule has 1 amide bonds. The summed E-state index contributed by atoms with van der Waals surface area (Å²) in [5, 5.41) is 0.422. The molecule has 3 aromatic rings. The first-order chi connectivity index (χ1) is 15.5. The minimum Gasteiger partial charge on any atom is -0.481 e. The minimum absolute atomic E-state index is 0.0694. The number of halogens is 2. The Kier molecular flexibility index (Phi) is 7.39. The van der Waals surface area contributed by atoms with Gasteiger partial charge in [-0.25, -0.2) is 22.5 Å². The molecule has 0 fully saturated rings. The van der Waals surface area contributed by atoms with Gasteiger partial charge in [0, 0.05) is 17.3 Å². The van der Waals surface area contributed by atoms with E-state index in [4.69, 9.17) is 16.3 Å². The lowest BCUT2D eigenvalue weighted by Gasteiger charge is -2.18. The van der Waals surface area contributed by atoms with Crippen molar-refractivity contribution in [1.82, 2.24) is 9.71 Å². The zero-order valence-electron chi connectivity index (χ0n) is 18.6. The summed E-state index contributed by atoms with van der Waals surface area (Å²) in [5.41, 5.74) is 2.77. The highest BCUT2D eigenvalue weighted by Crippen LogP contribution is 2.33. The number of benzene rings is 2. The normalized spacial score (nSPS) is 11.5. The summed E-state index contributed by atoms with van der Waals surface area (Å²) in [6, 6.07) is 10.2. The number of sulfonamides is 1.